The average Bonchev–Trinajstić information content (AvgIpc) is 2.62. The number of aryl methyl sites for hydroxylation is 1. The fourth-order valence-corrected chi connectivity index (χ4v) is 2.61. The summed E-state index contributed by atoms with van der Waals surface area (Å²) in [4.78, 5) is 33.1. The highest BCUT2D eigenvalue weighted by Gasteiger charge is 2.15. The molecule has 1 aromatic carbocycles. The monoisotopic (exact) mass is 315 g/mol. The third-order valence-corrected chi connectivity index (χ3v) is 3.66. The van der Waals surface area contributed by atoms with Gasteiger partial charge in [0.15, 0.2) is 11.3 Å². The van der Waals surface area contributed by atoms with Crippen molar-refractivity contribution in [2.24, 2.45) is 0 Å². The number of rotatable bonds is 2. The highest BCUT2D eigenvalue weighted by molar-refractivity contribution is 5.91. The second kappa shape index (κ2) is 5.66. The zero-order chi connectivity index (χ0) is 16.5. The van der Waals surface area contributed by atoms with Crippen molar-refractivity contribution in [2.45, 2.75) is 6.92 Å². The highest BCUT2D eigenvalue weighted by atomic mass is 16.1. The molecule has 0 bridgehead atoms. The van der Waals surface area contributed by atoms with E-state index in [0.717, 1.165) is 11.3 Å². The van der Waals surface area contributed by atoms with Gasteiger partial charge >= 0.3 is 0 Å². The topological polar surface area (TPSA) is 84.4 Å². The van der Waals surface area contributed by atoms with E-state index in [9.17, 15) is 4.79 Å². The molecule has 0 aliphatic carbocycles. The normalized spacial score (nSPS) is 10.9. The largest absolute Gasteiger partial charge is 0.343 e. The molecule has 0 saturated carbocycles. The molecule has 4 aromatic rings. The first-order valence-electron chi connectivity index (χ1n) is 7.46. The van der Waals surface area contributed by atoms with Crippen LogP contribution in [0, 0.1) is 6.92 Å². The number of H-pyrrole nitrogens is 1. The van der Waals surface area contributed by atoms with Gasteiger partial charge in [0, 0.05) is 29.7 Å². The fraction of sp³-hybridized carbons (Fsp3) is 0.0556. The van der Waals surface area contributed by atoms with Crippen molar-refractivity contribution in [3.05, 3.63) is 70.9 Å². The number of hydrogen-bond donors (Lipinski definition) is 1. The first-order chi connectivity index (χ1) is 11.7. The van der Waals surface area contributed by atoms with E-state index in [1.54, 1.807) is 24.7 Å². The van der Waals surface area contributed by atoms with Crippen molar-refractivity contribution in [3.8, 4) is 22.8 Å². The highest BCUT2D eigenvalue weighted by Crippen LogP contribution is 2.25. The summed E-state index contributed by atoms with van der Waals surface area (Å²) < 4.78 is 0. The molecule has 0 spiro atoms. The molecule has 1 N–H and O–H groups in total. The molecule has 6 nitrogen and oxygen atoms in total. The van der Waals surface area contributed by atoms with Gasteiger partial charge in [-0.25, -0.2) is 15.0 Å². The summed E-state index contributed by atoms with van der Waals surface area (Å²) >= 11 is 0. The summed E-state index contributed by atoms with van der Waals surface area (Å²) in [7, 11) is 0. The standard InChI is InChI=1S/C18H13N5O/c1-11-9-14(24)15-16(12-5-3-2-4-6-12)22-17(23-18(15)21-11)13-10-19-7-8-20-13/h2-10H,1H3,(H,21,22,23,24). The second-order valence-corrected chi connectivity index (χ2v) is 5.39. The summed E-state index contributed by atoms with van der Waals surface area (Å²) in [5, 5.41) is 0.472. The summed E-state index contributed by atoms with van der Waals surface area (Å²) in [6.07, 6.45) is 4.78. The lowest BCUT2D eigenvalue weighted by Gasteiger charge is -2.08. The smallest absolute Gasteiger partial charge is 0.193 e. The summed E-state index contributed by atoms with van der Waals surface area (Å²) in [6.45, 7) is 1.83. The Bertz CT molecular complexity index is 1080. The molecular formula is C18H13N5O. The Labute approximate surface area is 137 Å². The number of hydrogen-bond acceptors (Lipinski definition) is 5. The number of fused-ring (bicyclic) bond motifs is 1. The van der Waals surface area contributed by atoms with E-state index in [1.807, 2.05) is 37.3 Å². The molecule has 0 unspecified atom stereocenters. The second-order valence-electron chi connectivity index (χ2n) is 5.39. The Morgan fingerprint density at radius 1 is 1.04 bits per heavy atom. The van der Waals surface area contributed by atoms with Gasteiger partial charge in [-0.3, -0.25) is 9.78 Å². The molecule has 0 fully saturated rings. The van der Waals surface area contributed by atoms with E-state index in [-0.39, 0.29) is 5.43 Å². The van der Waals surface area contributed by atoms with Crippen molar-refractivity contribution < 1.29 is 0 Å². The lowest BCUT2D eigenvalue weighted by Crippen LogP contribution is -2.09. The summed E-state index contributed by atoms with van der Waals surface area (Å²) in [5.74, 6) is 0.427. The minimum atomic E-state index is -0.106. The van der Waals surface area contributed by atoms with Gasteiger partial charge in [0.1, 0.15) is 11.3 Å². The van der Waals surface area contributed by atoms with E-state index < -0.39 is 0 Å². The van der Waals surface area contributed by atoms with Crippen LogP contribution in [0.15, 0.2) is 59.8 Å². The third kappa shape index (κ3) is 2.44. The minimum Gasteiger partial charge on any atom is -0.343 e. The number of nitrogens with one attached hydrogen (secondary N) is 1. The first-order valence-corrected chi connectivity index (χ1v) is 7.46. The SMILES string of the molecule is Cc1cc(=O)c2c(-c3ccccc3)nc(-c3cnccn3)nc2[nH]1. The van der Waals surface area contributed by atoms with Crippen molar-refractivity contribution in [2.75, 3.05) is 0 Å². The van der Waals surface area contributed by atoms with Crippen molar-refractivity contribution in [1.29, 1.82) is 0 Å². The molecule has 3 aromatic heterocycles. The molecular weight excluding hydrogens is 302 g/mol. The lowest BCUT2D eigenvalue weighted by molar-refractivity contribution is 1.11. The van der Waals surface area contributed by atoms with Crippen LogP contribution < -0.4 is 5.43 Å². The average molecular weight is 315 g/mol. The maximum Gasteiger partial charge on any atom is 0.193 e. The molecule has 116 valence electrons. The van der Waals surface area contributed by atoms with Crippen LogP contribution in [0.1, 0.15) is 5.69 Å². The van der Waals surface area contributed by atoms with Gasteiger partial charge in [-0.1, -0.05) is 30.3 Å². The van der Waals surface area contributed by atoms with Crippen LogP contribution >= 0.6 is 0 Å². The zero-order valence-electron chi connectivity index (χ0n) is 12.9. The number of pyridine rings is 1. The lowest BCUT2D eigenvalue weighted by atomic mass is 10.1. The van der Waals surface area contributed by atoms with Gasteiger partial charge in [0.25, 0.3) is 0 Å². The molecule has 4 rings (SSSR count). The maximum absolute atomic E-state index is 12.5. The number of nitrogens with zero attached hydrogens (tertiary/aromatic N) is 4. The van der Waals surface area contributed by atoms with Gasteiger partial charge in [-0.15, -0.1) is 0 Å². The quantitative estimate of drug-likeness (QED) is 0.615. The van der Waals surface area contributed by atoms with Crippen LogP contribution in [-0.4, -0.2) is 24.9 Å². The molecule has 24 heavy (non-hydrogen) atoms. The van der Waals surface area contributed by atoms with Crippen molar-refractivity contribution in [3.63, 3.8) is 0 Å². The van der Waals surface area contributed by atoms with Gasteiger partial charge in [-0.05, 0) is 6.92 Å². The maximum atomic E-state index is 12.5. The molecule has 0 saturated heterocycles. The molecule has 3 heterocycles. The van der Waals surface area contributed by atoms with Crippen LogP contribution in [0.2, 0.25) is 0 Å². The van der Waals surface area contributed by atoms with Gasteiger partial charge < -0.3 is 4.98 Å². The minimum absolute atomic E-state index is 0.106. The molecule has 0 amide bonds. The van der Waals surface area contributed by atoms with E-state index >= 15 is 0 Å². The van der Waals surface area contributed by atoms with Gasteiger partial charge in [0.05, 0.1) is 17.3 Å². The van der Waals surface area contributed by atoms with E-state index in [4.69, 9.17) is 0 Å². The Morgan fingerprint density at radius 3 is 2.62 bits per heavy atom. The molecule has 0 atom stereocenters. The van der Waals surface area contributed by atoms with Crippen LogP contribution in [0.4, 0.5) is 0 Å². The first kappa shape index (κ1) is 14.2. The predicted octanol–water partition coefficient (Wildman–Crippen LogP) is 2.75. The van der Waals surface area contributed by atoms with Crippen molar-refractivity contribution >= 4 is 11.0 Å². The van der Waals surface area contributed by atoms with Crippen molar-refractivity contribution in [1.82, 2.24) is 24.9 Å². The molecule has 0 aliphatic heterocycles. The summed E-state index contributed by atoms with van der Waals surface area (Å²) in [6, 6.07) is 11.1. The van der Waals surface area contributed by atoms with Crippen LogP contribution in [0.25, 0.3) is 33.8 Å². The third-order valence-electron chi connectivity index (χ3n) is 3.66. The number of aromatic amines is 1. The molecule has 0 radical (unpaired) electrons. The Balaban J connectivity index is 2.10. The molecule has 0 aliphatic rings. The van der Waals surface area contributed by atoms with Crippen LogP contribution in [0.5, 0.6) is 0 Å². The van der Waals surface area contributed by atoms with Gasteiger partial charge in [-0.2, -0.15) is 0 Å². The number of aromatic nitrogens is 5. The van der Waals surface area contributed by atoms with Crippen LogP contribution in [0.3, 0.4) is 0 Å². The van der Waals surface area contributed by atoms with E-state index in [2.05, 4.69) is 24.9 Å². The Morgan fingerprint density at radius 2 is 1.88 bits per heavy atom. The Hall–Kier alpha value is -3.41. The van der Waals surface area contributed by atoms with Crippen LogP contribution in [-0.2, 0) is 0 Å². The number of benzene rings is 1. The van der Waals surface area contributed by atoms with E-state index in [1.165, 1.54) is 0 Å². The predicted molar refractivity (Wildman–Crippen MR) is 91.4 cm³/mol. The fourth-order valence-electron chi connectivity index (χ4n) is 2.61. The zero-order valence-corrected chi connectivity index (χ0v) is 12.9. The van der Waals surface area contributed by atoms with Gasteiger partial charge in [0.2, 0.25) is 0 Å². The molecule has 6 heteroatoms. The van der Waals surface area contributed by atoms with E-state index in [0.29, 0.717) is 28.2 Å². The summed E-state index contributed by atoms with van der Waals surface area (Å²) in [5.41, 5.74) is 3.13. The Kier molecular flexibility index (Phi) is 3.35.